The quantitative estimate of drug-likeness (QED) is 0.394. The average molecular weight is 454 g/mol. The Morgan fingerprint density at radius 2 is 1.97 bits per heavy atom. The molecular weight excluding hydrogens is 435 g/mol. The maximum atomic E-state index is 13.9. The van der Waals surface area contributed by atoms with Crippen molar-refractivity contribution in [2.45, 2.75) is 6.54 Å². The number of benzene rings is 1. The number of fused-ring (bicyclic) bond motifs is 2. The SMILES string of the molecule is COc1ncnc2ccn(-c3cnc4nc(-c5cnn(C)c5)n(Cc5cccc(F)c5)c4c3)c12. The van der Waals surface area contributed by atoms with Gasteiger partial charge in [0.15, 0.2) is 5.65 Å². The smallest absolute Gasteiger partial charge is 0.241 e. The summed E-state index contributed by atoms with van der Waals surface area (Å²) in [6, 6.07) is 10.5. The fourth-order valence-electron chi connectivity index (χ4n) is 4.17. The molecule has 1 aromatic carbocycles. The van der Waals surface area contributed by atoms with E-state index in [0.29, 0.717) is 23.9 Å². The van der Waals surface area contributed by atoms with Gasteiger partial charge in [-0.05, 0) is 29.8 Å². The van der Waals surface area contributed by atoms with Crippen LogP contribution in [0.2, 0.25) is 0 Å². The highest BCUT2D eigenvalue weighted by molar-refractivity contribution is 5.84. The number of hydrogen-bond acceptors (Lipinski definition) is 6. The van der Waals surface area contributed by atoms with Crippen LogP contribution in [0.1, 0.15) is 5.56 Å². The number of nitrogens with zero attached hydrogens (tertiary/aromatic N) is 8. The normalized spacial score (nSPS) is 11.5. The van der Waals surface area contributed by atoms with Gasteiger partial charge in [0.05, 0.1) is 41.8 Å². The molecule has 6 rings (SSSR count). The van der Waals surface area contributed by atoms with E-state index in [2.05, 4.69) is 20.1 Å². The lowest BCUT2D eigenvalue weighted by Crippen LogP contribution is -2.03. The lowest BCUT2D eigenvalue weighted by Gasteiger charge is -2.11. The third-order valence-corrected chi connectivity index (χ3v) is 5.69. The van der Waals surface area contributed by atoms with E-state index in [9.17, 15) is 4.39 Å². The maximum absolute atomic E-state index is 13.9. The Hall–Kier alpha value is -4.60. The van der Waals surface area contributed by atoms with Crippen LogP contribution in [0, 0.1) is 5.82 Å². The molecule has 0 N–H and O–H groups in total. The Labute approximate surface area is 193 Å². The summed E-state index contributed by atoms with van der Waals surface area (Å²) < 4.78 is 25.1. The molecule has 0 aliphatic rings. The molecule has 0 fully saturated rings. The zero-order valence-electron chi connectivity index (χ0n) is 18.4. The summed E-state index contributed by atoms with van der Waals surface area (Å²) in [4.78, 5) is 18.0. The van der Waals surface area contributed by atoms with Crippen LogP contribution < -0.4 is 4.74 Å². The second-order valence-corrected chi connectivity index (χ2v) is 7.89. The van der Waals surface area contributed by atoms with Gasteiger partial charge >= 0.3 is 0 Å². The van der Waals surface area contributed by atoms with E-state index in [1.807, 2.05) is 46.8 Å². The third-order valence-electron chi connectivity index (χ3n) is 5.69. The molecule has 0 aliphatic carbocycles. The molecule has 5 aromatic heterocycles. The number of imidazole rings is 1. The first-order chi connectivity index (χ1) is 16.6. The van der Waals surface area contributed by atoms with Crippen LogP contribution in [-0.2, 0) is 13.6 Å². The summed E-state index contributed by atoms with van der Waals surface area (Å²) in [5.74, 6) is 0.893. The molecule has 0 unspecified atom stereocenters. The standard InChI is InChI=1S/C24H19FN8O/c1-31-13-16(10-29-31)23-30-22-20(33(23)12-15-4-3-5-17(25)8-15)9-18(11-26-22)32-7-6-19-21(32)24(34-2)28-14-27-19/h3-11,13-14H,12H2,1-2H3. The van der Waals surface area contributed by atoms with Crippen LogP contribution in [0.5, 0.6) is 5.88 Å². The summed E-state index contributed by atoms with van der Waals surface area (Å²) in [6.07, 6.45) is 8.78. The zero-order chi connectivity index (χ0) is 23.2. The van der Waals surface area contributed by atoms with Crippen molar-refractivity contribution in [2.24, 2.45) is 7.05 Å². The summed E-state index contributed by atoms with van der Waals surface area (Å²) in [6.45, 7) is 0.419. The molecule has 0 atom stereocenters. The highest BCUT2D eigenvalue weighted by Gasteiger charge is 2.18. The van der Waals surface area contributed by atoms with Gasteiger partial charge in [0, 0.05) is 26.0 Å². The first-order valence-corrected chi connectivity index (χ1v) is 10.6. The van der Waals surface area contributed by atoms with Gasteiger partial charge in [0.2, 0.25) is 5.88 Å². The molecule has 0 saturated heterocycles. The Morgan fingerprint density at radius 3 is 2.76 bits per heavy atom. The molecular formula is C24H19FN8O. The number of aromatic nitrogens is 8. The predicted molar refractivity (Wildman–Crippen MR) is 124 cm³/mol. The van der Waals surface area contributed by atoms with Gasteiger partial charge in [-0.2, -0.15) is 10.1 Å². The highest BCUT2D eigenvalue weighted by Crippen LogP contribution is 2.29. The Bertz CT molecular complexity index is 1660. The minimum Gasteiger partial charge on any atom is -0.479 e. The lowest BCUT2D eigenvalue weighted by molar-refractivity contribution is 0.401. The van der Waals surface area contributed by atoms with Gasteiger partial charge in [-0.3, -0.25) is 4.68 Å². The number of methoxy groups -OCH3 is 1. The molecule has 0 aliphatic heterocycles. The van der Waals surface area contributed by atoms with E-state index in [4.69, 9.17) is 9.72 Å². The van der Waals surface area contributed by atoms with Crippen molar-refractivity contribution in [1.82, 2.24) is 38.9 Å². The van der Waals surface area contributed by atoms with Crippen LogP contribution in [0.15, 0.2) is 67.5 Å². The van der Waals surface area contributed by atoms with E-state index in [1.165, 1.54) is 18.5 Å². The number of hydrogen-bond donors (Lipinski definition) is 0. The molecule has 0 spiro atoms. The lowest BCUT2D eigenvalue weighted by atomic mass is 10.2. The molecule has 9 nitrogen and oxygen atoms in total. The molecule has 5 heterocycles. The van der Waals surface area contributed by atoms with Crippen molar-refractivity contribution in [3.05, 3.63) is 78.9 Å². The average Bonchev–Trinajstić information content (AvgIpc) is 3.56. The Kier molecular flexibility index (Phi) is 4.58. The van der Waals surface area contributed by atoms with Crippen molar-refractivity contribution in [2.75, 3.05) is 7.11 Å². The molecule has 0 saturated carbocycles. The second-order valence-electron chi connectivity index (χ2n) is 7.89. The van der Waals surface area contributed by atoms with Crippen LogP contribution >= 0.6 is 0 Å². The van der Waals surface area contributed by atoms with Crippen molar-refractivity contribution in [1.29, 1.82) is 0 Å². The largest absolute Gasteiger partial charge is 0.479 e. The predicted octanol–water partition coefficient (Wildman–Crippen LogP) is 3.76. The van der Waals surface area contributed by atoms with Gasteiger partial charge in [-0.25, -0.2) is 19.3 Å². The molecule has 0 amide bonds. The minimum atomic E-state index is -0.283. The van der Waals surface area contributed by atoms with Crippen LogP contribution in [0.25, 0.3) is 39.3 Å². The van der Waals surface area contributed by atoms with Crippen molar-refractivity contribution >= 4 is 22.2 Å². The zero-order valence-corrected chi connectivity index (χ0v) is 18.4. The first-order valence-electron chi connectivity index (χ1n) is 10.6. The highest BCUT2D eigenvalue weighted by atomic mass is 19.1. The third kappa shape index (κ3) is 3.27. The molecule has 6 aromatic rings. The molecule has 10 heteroatoms. The number of aryl methyl sites for hydroxylation is 1. The van der Waals surface area contributed by atoms with Gasteiger partial charge in [0.1, 0.15) is 23.5 Å². The number of rotatable bonds is 5. The molecule has 0 bridgehead atoms. The van der Waals surface area contributed by atoms with Crippen molar-refractivity contribution in [3.63, 3.8) is 0 Å². The summed E-state index contributed by atoms with van der Waals surface area (Å²) in [7, 11) is 3.43. The van der Waals surface area contributed by atoms with Gasteiger partial charge < -0.3 is 13.9 Å². The van der Waals surface area contributed by atoms with Crippen molar-refractivity contribution < 1.29 is 9.13 Å². The topological polar surface area (TPSA) is 88.5 Å². The molecule has 0 radical (unpaired) electrons. The maximum Gasteiger partial charge on any atom is 0.241 e. The monoisotopic (exact) mass is 454 g/mol. The van der Waals surface area contributed by atoms with Gasteiger partial charge in [0.25, 0.3) is 0 Å². The van der Waals surface area contributed by atoms with Crippen LogP contribution in [-0.4, -0.2) is 46.0 Å². The second kappa shape index (κ2) is 7.77. The number of ether oxygens (including phenoxy) is 1. The van der Waals surface area contributed by atoms with Gasteiger partial charge in [-0.1, -0.05) is 12.1 Å². The Morgan fingerprint density at radius 1 is 1.06 bits per heavy atom. The summed E-state index contributed by atoms with van der Waals surface area (Å²) in [5, 5.41) is 4.29. The minimum absolute atomic E-state index is 0.283. The molecule has 34 heavy (non-hydrogen) atoms. The summed E-state index contributed by atoms with van der Waals surface area (Å²) >= 11 is 0. The Balaban J connectivity index is 1.57. The van der Waals surface area contributed by atoms with Crippen LogP contribution in [0.3, 0.4) is 0 Å². The summed E-state index contributed by atoms with van der Waals surface area (Å²) in [5.41, 5.74) is 5.35. The number of halogens is 1. The number of pyridine rings is 1. The molecule has 168 valence electrons. The van der Waals surface area contributed by atoms with E-state index < -0.39 is 0 Å². The van der Waals surface area contributed by atoms with Crippen LogP contribution in [0.4, 0.5) is 4.39 Å². The van der Waals surface area contributed by atoms with Crippen molar-refractivity contribution in [3.8, 4) is 23.0 Å². The fraction of sp³-hybridized carbons (Fsp3) is 0.125. The van der Waals surface area contributed by atoms with E-state index >= 15 is 0 Å². The fourth-order valence-corrected chi connectivity index (χ4v) is 4.17. The van der Waals surface area contributed by atoms with E-state index in [-0.39, 0.29) is 5.82 Å². The van der Waals surface area contributed by atoms with E-state index in [0.717, 1.165) is 33.4 Å². The van der Waals surface area contributed by atoms with Gasteiger partial charge in [-0.15, -0.1) is 0 Å². The first kappa shape index (κ1) is 20.0. The van der Waals surface area contributed by atoms with E-state index in [1.54, 1.807) is 30.3 Å².